The molecule has 0 bridgehead atoms. The maximum atomic E-state index is 12.9. The van der Waals surface area contributed by atoms with Gasteiger partial charge in [-0.2, -0.15) is 0 Å². The van der Waals surface area contributed by atoms with Gasteiger partial charge >= 0.3 is 0 Å². The minimum atomic E-state index is -0.133. The van der Waals surface area contributed by atoms with Crippen LogP contribution in [0.2, 0.25) is 0 Å². The van der Waals surface area contributed by atoms with Gasteiger partial charge in [-0.3, -0.25) is 9.59 Å². The lowest BCUT2D eigenvalue weighted by atomic mass is 9.90. The number of nitrogens with zero attached hydrogens (tertiary/aromatic N) is 1. The molecule has 3 aromatic rings. The van der Waals surface area contributed by atoms with Gasteiger partial charge in [0.1, 0.15) is 5.69 Å². The lowest BCUT2D eigenvalue weighted by Gasteiger charge is -2.32. The molecule has 0 spiro atoms. The van der Waals surface area contributed by atoms with E-state index in [1.54, 1.807) is 0 Å². The van der Waals surface area contributed by atoms with E-state index in [2.05, 4.69) is 32.0 Å². The third-order valence-electron chi connectivity index (χ3n) is 6.22. The van der Waals surface area contributed by atoms with Gasteiger partial charge in [-0.1, -0.05) is 24.5 Å². The molecule has 1 aliphatic carbocycles. The molecule has 162 valence electrons. The van der Waals surface area contributed by atoms with Gasteiger partial charge in [0, 0.05) is 47.4 Å². The van der Waals surface area contributed by atoms with E-state index in [1.165, 1.54) is 11.3 Å². The van der Waals surface area contributed by atoms with Crippen LogP contribution in [-0.2, 0) is 13.0 Å². The van der Waals surface area contributed by atoms with Crippen LogP contribution in [0.15, 0.2) is 24.3 Å². The first-order chi connectivity index (χ1) is 15.1. The molecule has 0 saturated heterocycles. The van der Waals surface area contributed by atoms with E-state index in [-0.39, 0.29) is 23.9 Å². The Morgan fingerprint density at radius 3 is 2.65 bits per heavy atom. The molecule has 1 aliphatic heterocycles. The number of fused-ring (bicyclic) bond motifs is 2. The maximum Gasteiger partial charge on any atom is 0.280 e. The van der Waals surface area contributed by atoms with Gasteiger partial charge in [-0.25, -0.2) is 4.98 Å². The van der Waals surface area contributed by atoms with Gasteiger partial charge in [0.15, 0.2) is 5.01 Å². The summed E-state index contributed by atoms with van der Waals surface area (Å²) >= 11 is 1.47. The van der Waals surface area contributed by atoms with E-state index in [9.17, 15) is 9.59 Å². The molecule has 0 radical (unpaired) electrons. The molecule has 2 amide bonds. The molecular formula is C23H27N5O2S. The van der Waals surface area contributed by atoms with Gasteiger partial charge < -0.3 is 20.9 Å². The summed E-state index contributed by atoms with van der Waals surface area (Å²) in [4.78, 5) is 34.7. The molecule has 4 N–H and O–H groups in total. The Hall–Kier alpha value is -2.71. The topological polar surface area (TPSA) is 98.9 Å². The van der Waals surface area contributed by atoms with Crippen molar-refractivity contribution in [1.29, 1.82) is 0 Å². The van der Waals surface area contributed by atoms with Gasteiger partial charge in [0.2, 0.25) is 0 Å². The first kappa shape index (κ1) is 20.2. The number of aromatic amines is 1. The second-order valence-electron chi connectivity index (χ2n) is 8.53. The van der Waals surface area contributed by atoms with Gasteiger partial charge in [0.25, 0.3) is 11.8 Å². The summed E-state index contributed by atoms with van der Waals surface area (Å²) in [5, 5.41) is 11.2. The summed E-state index contributed by atoms with van der Waals surface area (Å²) in [7, 11) is 0. The molecule has 1 aromatic carbocycles. The monoisotopic (exact) mass is 437 g/mol. The molecule has 1 fully saturated rings. The number of thiazole rings is 1. The molecule has 31 heavy (non-hydrogen) atoms. The van der Waals surface area contributed by atoms with Crippen LogP contribution >= 0.6 is 11.3 Å². The summed E-state index contributed by atoms with van der Waals surface area (Å²) in [5.41, 5.74) is 3.70. The molecule has 5 rings (SSSR count). The van der Waals surface area contributed by atoms with Crippen LogP contribution in [0.25, 0.3) is 10.9 Å². The number of hydrogen-bond acceptors (Lipinski definition) is 5. The van der Waals surface area contributed by atoms with E-state index in [4.69, 9.17) is 0 Å². The number of carbonyl (C=O) groups excluding carboxylic acids is 2. The van der Waals surface area contributed by atoms with Crippen LogP contribution < -0.4 is 16.0 Å². The highest BCUT2D eigenvalue weighted by atomic mass is 32.1. The number of rotatable bonds is 4. The number of hydrogen-bond donors (Lipinski definition) is 4. The molecule has 0 unspecified atom stereocenters. The van der Waals surface area contributed by atoms with Crippen molar-refractivity contribution in [2.24, 2.45) is 0 Å². The number of H-pyrrole nitrogens is 1. The van der Waals surface area contributed by atoms with E-state index < -0.39 is 0 Å². The third-order valence-corrected chi connectivity index (χ3v) is 7.31. The molecule has 8 heteroatoms. The van der Waals surface area contributed by atoms with E-state index >= 15 is 0 Å². The average molecular weight is 438 g/mol. The number of aromatic nitrogens is 2. The number of aryl methyl sites for hydroxylation is 1. The van der Waals surface area contributed by atoms with Gasteiger partial charge in [0.05, 0.1) is 5.69 Å². The molecule has 3 heterocycles. The van der Waals surface area contributed by atoms with Crippen molar-refractivity contribution in [3.8, 4) is 0 Å². The second-order valence-corrected chi connectivity index (χ2v) is 9.62. The SMILES string of the molecule is Cc1ccc2[nH]c(C(=O)N[C@H]3CCCC[C@H]3NC(=O)c3nc4c(s3)CNCC4)cc2c1. The molecule has 2 aliphatic rings. The van der Waals surface area contributed by atoms with Crippen LogP contribution in [0.4, 0.5) is 0 Å². The zero-order valence-electron chi connectivity index (χ0n) is 17.6. The fraction of sp³-hybridized carbons (Fsp3) is 0.435. The lowest BCUT2D eigenvalue weighted by Crippen LogP contribution is -2.53. The second kappa shape index (κ2) is 8.43. The molecule has 7 nitrogen and oxygen atoms in total. The van der Waals surface area contributed by atoms with Crippen LogP contribution in [0.3, 0.4) is 0 Å². The highest BCUT2D eigenvalue weighted by Crippen LogP contribution is 2.24. The minimum absolute atomic E-state index is 0.0872. The minimum Gasteiger partial charge on any atom is -0.351 e. The average Bonchev–Trinajstić information content (AvgIpc) is 3.39. The van der Waals surface area contributed by atoms with Crippen LogP contribution in [0.1, 0.15) is 62.1 Å². The molecular weight excluding hydrogens is 410 g/mol. The Morgan fingerprint density at radius 2 is 1.87 bits per heavy atom. The van der Waals surface area contributed by atoms with Crippen molar-refractivity contribution in [3.63, 3.8) is 0 Å². The summed E-state index contributed by atoms with van der Waals surface area (Å²) in [6.07, 6.45) is 4.66. The Kier molecular flexibility index (Phi) is 5.50. The Bertz CT molecular complexity index is 1110. The van der Waals surface area contributed by atoms with Crippen molar-refractivity contribution in [2.75, 3.05) is 6.54 Å². The van der Waals surface area contributed by atoms with Crippen LogP contribution in [0, 0.1) is 6.92 Å². The van der Waals surface area contributed by atoms with Gasteiger partial charge in [-0.05, 0) is 38.0 Å². The number of benzene rings is 1. The Morgan fingerprint density at radius 1 is 1.10 bits per heavy atom. The van der Waals surface area contributed by atoms with E-state index in [0.717, 1.165) is 72.2 Å². The standard InChI is InChI=1S/C23H27N5O2S/c1-13-6-7-15-14(10-13)11-19(25-15)21(29)26-16-4-2-3-5-17(16)27-22(30)23-28-18-8-9-24-12-20(18)31-23/h6-7,10-11,16-17,24-25H,2-5,8-9,12H2,1H3,(H,26,29)(H,27,30)/t16-,17+/m0/s1. The first-order valence-electron chi connectivity index (χ1n) is 11.0. The third kappa shape index (κ3) is 4.22. The summed E-state index contributed by atoms with van der Waals surface area (Å²) in [5.74, 6) is -0.262. The van der Waals surface area contributed by atoms with Gasteiger partial charge in [-0.15, -0.1) is 11.3 Å². The highest BCUT2D eigenvalue weighted by molar-refractivity contribution is 7.13. The molecule has 2 atom stereocenters. The summed E-state index contributed by atoms with van der Waals surface area (Å²) in [6, 6.07) is 7.80. The number of carbonyl (C=O) groups is 2. The Labute approximate surface area is 185 Å². The normalized spacial score (nSPS) is 20.9. The van der Waals surface area contributed by atoms with Crippen molar-refractivity contribution in [2.45, 2.75) is 57.7 Å². The molecule has 1 saturated carbocycles. The number of nitrogens with one attached hydrogen (secondary N) is 4. The first-order valence-corrected chi connectivity index (χ1v) is 11.8. The largest absolute Gasteiger partial charge is 0.351 e. The predicted octanol–water partition coefficient (Wildman–Crippen LogP) is 3.05. The van der Waals surface area contributed by atoms with Crippen molar-refractivity contribution >= 4 is 34.1 Å². The van der Waals surface area contributed by atoms with Crippen molar-refractivity contribution in [1.82, 2.24) is 25.9 Å². The van der Waals surface area contributed by atoms with E-state index in [1.807, 2.05) is 25.1 Å². The maximum absolute atomic E-state index is 12.9. The smallest absolute Gasteiger partial charge is 0.280 e. The fourth-order valence-electron chi connectivity index (χ4n) is 4.55. The zero-order valence-corrected chi connectivity index (χ0v) is 18.4. The van der Waals surface area contributed by atoms with Crippen molar-refractivity contribution in [3.05, 3.63) is 51.1 Å². The zero-order chi connectivity index (χ0) is 21.4. The highest BCUT2D eigenvalue weighted by Gasteiger charge is 2.30. The fourth-order valence-corrected chi connectivity index (χ4v) is 5.53. The predicted molar refractivity (Wildman–Crippen MR) is 122 cm³/mol. The Balaban J connectivity index is 1.28. The lowest BCUT2D eigenvalue weighted by molar-refractivity contribution is 0.0860. The summed E-state index contributed by atoms with van der Waals surface area (Å²) in [6.45, 7) is 3.73. The molecule has 2 aromatic heterocycles. The van der Waals surface area contributed by atoms with Crippen molar-refractivity contribution < 1.29 is 9.59 Å². The quantitative estimate of drug-likeness (QED) is 0.504. The van der Waals surface area contributed by atoms with Crippen LogP contribution in [-0.4, -0.2) is 40.4 Å². The van der Waals surface area contributed by atoms with Crippen LogP contribution in [0.5, 0.6) is 0 Å². The summed E-state index contributed by atoms with van der Waals surface area (Å²) < 4.78 is 0. The number of amides is 2. The van der Waals surface area contributed by atoms with E-state index in [0.29, 0.717) is 10.7 Å².